The molecule has 0 aliphatic heterocycles. The predicted octanol–water partition coefficient (Wildman–Crippen LogP) is 1.91. The van der Waals surface area contributed by atoms with Gasteiger partial charge in [0, 0.05) is 7.11 Å². The first-order valence-corrected chi connectivity index (χ1v) is 11.6. The normalized spacial score (nSPS) is 17.2. The lowest BCUT2D eigenvalue weighted by molar-refractivity contribution is -0.484. The SMILES string of the molecule is CO[C@@](C=O)(OCc1ccccc1)[C@](O)(OCc1ccccc1)[C@@](O)(OCc1ccccc1)[C@H](O)CO. The Bertz CT molecular complexity index is 1080. The lowest BCUT2D eigenvalue weighted by atomic mass is 9.91. The first-order valence-electron chi connectivity index (χ1n) is 11.6. The number of methoxy groups -OCH3 is 1. The highest BCUT2D eigenvalue weighted by molar-refractivity contribution is 5.63. The number of ether oxygens (including phenoxy) is 4. The number of aliphatic hydroxyl groups is 4. The van der Waals surface area contributed by atoms with Gasteiger partial charge in [-0.1, -0.05) is 91.0 Å². The Labute approximate surface area is 215 Å². The van der Waals surface area contributed by atoms with E-state index in [0.717, 1.165) is 7.11 Å². The summed E-state index contributed by atoms with van der Waals surface area (Å²) in [6, 6.07) is 25.9. The number of benzene rings is 3. The summed E-state index contributed by atoms with van der Waals surface area (Å²) in [7, 11) is 1.07. The van der Waals surface area contributed by atoms with E-state index in [1.807, 2.05) is 0 Å². The van der Waals surface area contributed by atoms with Crippen LogP contribution in [0.15, 0.2) is 91.0 Å². The zero-order chi connectivity index (χ0) is 26.8. The summed E-state index contributed by atoms with van der Waals surface area (Å²) < 4.78 is 22.5. The molecule has 0 saturated carbocycles. The summed E-state index contributed by atoms with van der Waals surface area (Å²) in [5.74, 6) is -9.00. The maximum atomic E-state index is 12.6. The topological polar surface area (TPSA) is 135 Å². The van der Waals surface area contributed by atoms with Crippen LogP contribution in [0.2, 0.25) is 0 Å². The molecular formula is C28H32O9. The molecule has 3 rings (SSSR count). The van der Waals surface area contributed by atoms with Gasteiger partial charge in [0.05, 0.1) is 26.4 Å². The van der Waals surface area contributed by atoms with E-state index in [1.165, 1.54) is 0 Å². The number of aliphatic hydroxyl groups excluding tert-OH is 2. The van der Waals surface area contributed by atoms with Crippen LogP contribution in [0.4, 0.5) is 0 Å². The van der Waals surface area contributed by atoms with Crippen LogP contribution >= 0.6 is 0 Å². The van der Waals surface area contributed by atoms with Crippen molar-refractivity contribution >= 4 is 6.29 Å². The molecule has 9 nitrogen and oxygen atoms in total. The largest absolute Gasteiger partial charge is 0.393 e. The van der Waals surface area contributed by atoms with Gasteiger partial charge in [-0.25, -0.2) is 0 Å². The molecule has 0 aromatic heterocycles. The van der Waals surface area contributed by atoms with Crippen LogP contribution in [0.1, 0.15) is 16.7 Å². The molecule has 0 spiro atoms. The average Bonchev–Trinajstić information content (AvgIpc) is 2.96. The van der Waals surface area contributed by atoms with E-state index in [1.54, 1.807) is 91.0 Å². The lowest BCUT2D eigenvalue weighted by Crippen LogP contribution is -2.76. The first kappa shape index (κ1) is 28.6. The molecule has 0 unspecified atom stereocenters. The van der Waals surface area contributed by atoms with E-state index in [2.05, 4.69) is 0 Å². The molecule has 0 bridgehead atoms. The third-order valence-corrected chi connectivity index (χ3v) is 5.93. The quantitative estimate of drug-likeness (QED) is 0.178. The molecule has 0 fully saturated rings. The van der Waals surface area contributed by atoms with Crippen molar-refractivity contribution in [2.45, 2.75) is 43.3 Å². The molecular weight excluding hydrogens is 480 g/mol. The van der Waals surface area contributed by atoms with Crippen LogP contribution < -0.4 is 0 Å². The molecule has 0 amide bonds. The van der Waals surface area contributed by atoms with E-state index in [-0.39, 0.29) is 26.1 Å². The lowest BCUT2D eigenvalue weighted by Gasteiger charge is -2.50. The average molecular weight is 513 g/mol. The van der Waals surface area contributed by atoms with Gasteiger partial charge in [-0.05, 0) is 16.7 Å². The minimum absolute atomic E-state index is 0.113. The summed E-state index contributed by atoms with van der Waals surface area (Å²) in [5, 5.41) is 44.3. The number of hydrogen-bond acceptors (Lipinski definition) is 9. The molecule has 0 aliphatic carbocycles. The van der Waals surface area contributed by atoms with Crippen LogP contribution in [0, 0.1) is 0 Å². The second-order valence-electron chi connectivity index (χ2n) is 8.35. The van der Waals surface area contributed by atoms with Crippen LogP contribution in [-0.4, -0.2) is 63.9 Å². The highest BCUT2D eigenvalue weighted by atomic mass is 16.8. The smallest absolute Gasteiger partial charge is 0.288 e. The van der Waals surface area contributed by atoms with Crippen molar-refractivity contribution in [3.63, 3.8) is 0 Å². The van der Waals surface area contributed by atoms with Crippen LogP contribution in [0.3, 0.4) is 0 Å². The zero-order valence-corrected chi connectivity index (χ0v) is 20.5. The Balaban J connectivity index is 2.06. The Morgan fingerprint density at radius 3 is 1.51 bits per heavy atom. The number of carbonyl (C=O) groups is 1. The second kappa shape index (κ2) is 13.0. The van der Waals surface area contributed by atoms with Crippen molar-refractivity contribution in [1.82, 2.24) is 0 Å². The van der Waals surface area contributed by atoms with E-state index in [0.29, 0.717) is 16.7 Å². The third-order valence-electron chi connectivity index (χ3n) is 5.93. The maximum absolute atomic E-state index is 12.6. The minimum atomic E-state index is -3.18. The highest BCUT2D eigenvalue weighted by Crippen LogP contribution is 2.41. The number of aldehydes is 1. The fourth-order valence-corrected chi connectivity index (χ4v) is 3.75. The number of rotatable bonds is 15. The van der Waals surface area contributed by atoms with Gasteiger partial charge in [-0.15, -0.1) is 0 Å². The Morgan fingerprint density at radius 2 is 1.14 bits per heavy atom. The van der Waals surface area contributed by atoms with E-state index in [9.17, 15) is 25.2 Å². The molecule has 0 aliphatic rings. The van der Waals surface area contributed by atoms with Crippen molar-refractivity contribution in [3.05, 3.63) is 108 Å². The minimum Gasteiger partial charge on any atom is -0.393 e. The van der Waals surface area contributed by atoms with Crippen molar-refractivity contribution < 1.29 is 44.2 Å². The van der Waals surface area contributed by atoms with Crippen molar-refractivity contribution in [3.8, 4) is 0 Å². The third kappa shape index (κ3) is 6.30. The fraction of sp³-hybridized carbons (Fsp3) is 0.321. The Morgan fingerprint density at radius 1 is 0.730 bits per heavy atom. The van der Waals surface area contributed by atoms with E-state index in [4.69, 9.17) is 18.9 Å². The van der Waals surface area contributed by atoms with Gasteiger partial charge in [0.1, 0.15) is 6.10 Å². The summed E-state index contributed by atoms with van der Waals surface area (Å²) in [4.78, 5) is 12.6. The first-order chi connectivity index (χ1) is 17.8. The predicted molar refractivity (Wildman–Crippen MR) is 132 cm³/mol. The second-order valence-corrected chi connectivity index (χ2v) is 8.35. The van der Waals surface area contributed by atoms with Crippen LogP contribution in [0.5, 0.6) is 0 Å². The van der Waals surface area contributed by atoms with Crippen molar-refractivity contribution in [2.24, 2.45) is 0 Å². The highest BCUT2D eigenvalue weighted by Gasteiger charge is 2.70. The summed E-state index contributed by atoms with van der Waals surface area (Å²) in [6.45, 7) is -1.98. The number of hydrogen-bond donors (Lipinski definition) is 4. The molecule has 37 heavy (non-hydrogen) atoms. The fourth-order valence-electron chi connectivity index (χ4n) is 3.75. The van der Waals surface area contributed by atoms with Gasteiger partial charge in [-0.2, -0.15) is 0 Å². The molecule has 0 heterocycles. The van der Waals surface area contributed by atoms with E-state index >= 15 is 0 Å². The zero-order valence-electron chi connectivity index (χ0n) is 20.5. The summed E-state index contributed by atoms with van der Waals surface area (Å²) in [6.07, 6.45) is -2.03. The van der Waals surface area contributed by atoms with Crippen molar-refractivity contribution in [1.29, 1.82) is 0 Å². The van der Waals surface area contributed by atoms with Crippen LogP contribution in [0.25, 0.3) is 0 Å². The number of carbonyl (C=O) groups excluding carboxylic acids is 1. The summed E-state index contributed by atoms with van der Waals surface area (Å²) >= 11 is 0. The van der Waals surface area contributed by atoms with Gasteiger partial charge in [-0.3, -0.25) is 4.79 Å². The van der Waals surface area contributed by atoms with Gasteiger partial charge in [0.25, 0.3) is 17.4 Å². The van der Waals surface area contributed by atoms with Gasteiger partial charge in [0.15, 0.2) is 6.29 Å². The standard InChI is InChI=1S/C28H32O9/c1-34-26(21-30,35-18-22-11-5-2-6-12-22)28(33,37-20-24-15-9-4-10-16-24)27(32,25(31)17-29)36-19-23-13-7-3-8-14-23/h2-16,21,25,29,31-33H,17-20H2,1H3/t25-,26+,27+,28+/m1/s1. The molecule has 0 saturated heterocycles. The molecule has 4 N–H and O–H groups in total. The Kier molecular flexibility index (Phi) is 10.0. The van der Waals surface area contributed by atoms with Crippen molar-refractivity contribution in [2.75, 3.05) is 13.7 Å². The molecule has 3 aromatic carbocycles. The molecule has 3 aromatic rings. The maximum Gasteiger partial charge on any atom is 0.288 e. The van der Waals surface area contributed by atoms with E-state index < -0.39 is 30.1 Å². The molecule has 0 radical (unpaired) electrons. The molecule has 4 atom stereocenters. The van der Waals surface area contributed by atoms with Gasteiger partial charge < -0.3 is 39.4 Å². The molecule has 9 heteroatoms. The van der Waals surface area contributed by atoms with Gasteiger partial charge in [0.2, 0.25) is 0 Å². The monoisotopic (exact) mass is 512 g/mol. The molecule has 198 valence electrons. The Hall–Kier alpha value is -2.99. The summed E-state index contributed by atoms with van der Waals surface area (Å²) in [5.41, 5.74) is 1.74. The van der Waals surface area contributed by atoms with Crippen LogP contribution in [-0.2, 0) is 43.6 Å². The van der Waals surface area contributed by atoms with Gasteiger partial charge >= 0.3 is 0 Å².